The van der Waals surface area contributed by atoms with Gasteiger partial charge in [0.25, 0.3) is 0 Å². The second kappa shape index (κ2) is 5.04. The number of aryl methyl sites for hydroxylation is 2. The summed E-state index contributed by atoms with van der Waals surface area (Å²) in [6, 6.07) is 0.289. The molecule has 1 aliphatic rings. The quantitative estimate of drug-likeness (QED) is 0.849. The zero-order valence-electron chi connectivity index (χ0n) is 10.9. The molecule has 0 saturated heterocycles. The van der Waals surface area contributed by atoms with Crippen molar-refractivity contribution in [3.8, 4) is 0 Å². The Labute approximate surface area is 107 Å². The Hall–Kier alpha value is -0.450. The maximum absolute atomic E-state index is 10.1. The van der Waals surface area contributed by atoms with Gasteiger partial charge in [-0.3, -0.25) is 0 Å². The molecular formula is C13H22N2OS. The van der Waals surface area contributed by atoms with Gasteiger partial charge >= 0.3 is 0 Å². The molecule has 1 atom stereocenters. The molecule has 1 aromatic rings. The summed E-state index contributed by atoms with van der Waals surface area (Å²) in [5.41, 5.74) is 0.688. The lowest BCUT2D eigenvalue weighted by molar-refractivity contribution is -0.0328. The summed E-state index contributed by atoms with van der Waals surface area (Å²) in [5.74, 6) is 0. The van der Waals surface area contributed by atoms with Crippen molar-refractivity contribution in [2.75, 3.05) is 6.54 Å². The molecule has 4 heteroatoms. The van der Waals surface area contributed by atoms with Crippen molar-refractivity contribution in [2.45, 2.75) is 58.1 Å². The van der Waals surface area contributed by atoms with E-state index in [1.807, 2.05) is 0 Å². The van der Waals surface area contributed by atoms with Crippen LogP contribution >= 0.6 is 11.3 Å². The van der Waals surface area contributed by atoms with Gasteiger partial charge in [-0.05, 0) is 39.5 Å². The van der Waals surface area contributed by atoms with Crippen LogP contribution in [0.4, 0.5) is 0 Å². The Morgan fingerprint density at radius 1 is 1.53 bits per heavy atom. The molecule has 1 fully saturated rings. The molecule has 2 rings (SSSR count). The first-order valence-corrected chi connectivity index (χ1v) is 7.28. The molecule has 3 nitrogen and oxygen atoms in total. The van der Waals surface area contributed by atoms with Gasteiger partial charge in [0.1, 0.15) is 0 Å². The summed E-state index contributed by atoms with van der Waals surface area (Å²) in [7, 11) is 0. The average Bonchev–Trinajstić information content (AvgIpc) is 2.65. The number of hydrogen-bond donors (Lipinski definition) is 2. The van der Waals surface area contributed by atoms with E-state index in [1.54, 1.807) is 11.3 Å². The van der Waals surface area contributed by atoms with Gasteiger partial charge in [-0.2, -0.15) is 0 Å². The fourth-order valence-electron chi connectivity index (χ4n) is 2.22. The molecule has 96 valence electrons. The number of thiazole rings is 1. The standard InChI is InChI=1S/C13H22N2OS/c1-4-11-15-10(3)12(17-11)9(2)14-8-13(16)6-5-7-13/h9,14,16H,4-8H2,1-3H3. The molecule has 17 heavy (non-hydrogen) atoms. The monoisotopic (exact) mass is 254 g/mol. The molecule has 0 amide bonds. The summed E-state index contributed by atoms with van der Waals surface area (Å²) in [5, 5.41) is 14.7. The third kappa shape index (κ3) is 2.87. The largest absolute Gasteiger partial charge is 0.389 e. The molecule has 2 N–H and O–H groups in total. The molecule has 0 bridgehead atoms. The number of aromatic nitrogens is 1. The van der Waals surface area contributed by atoms with E-state index < -0.39 is 5.60 Å². The summed E-state index contributed by atoms with van der Waals surface area (Å²) in [6.45, 7) is 7.06. The van der Waals surface area contributed by atoms with Gasteiger partial charge in [0.2, 0.25) is 0 Å². The molecule has 0 spiro atoms. The average molecular weight is 254 g/mol. The predicted molar refractivity (Wildman–Crippen MR) is 71.4 cm³/mol. The highest BCUT2D eigenvalue weighted by Crippen LogP contribution is 2.32. The first kappa shape index (κ1) is 13.0. The highest BCUT2D eigenvalue weighted by atomic mass is 32.1. The van der Waals surface area contributed by atoms with Crippen molar-refractivity contribution in [3.63, 3.8) is 0 Å². The van der Waals surface area contributed by atoms with Crippen LogP contribution in [0.5, 0.6) is 0 Å². The molecule has 1 heterocycles. The second-order valence-corrected chi connectivity index (χ2v) is 6.21. The van der Waals surface area contributed by atoms with Crippen molar-refractivity contribution < 1.29 is 5.11 Å². The summed E-state index contributed by atoms with van der Waals surface area (Å²) < 4.78 is 0. The molecule has 1 unspecified atom stereocenters. The summed E-state index contributed by atoms with van der Waals surface area (Å²) >= 11 is 1.79. The zero-order chi connectivity index (χ0) is 12.5. The second-order valence-electron chi connectivity index (χ2n) is 5.09. The van der Waals surface area contributed by atoms with E-state index >= 15 is 0 Å². The van der Waals surface area contributed by atoms with Crippen LogP contribution in [0.3, 0.4) is 0 Å². The number of aliphatic hydroxyl groups is 1. The van der Waals surface area contributed by atoms with Crippen LogP contribution < -0.4 is 5.32 Å². The lowest BCUT2D eigenvalue weighted by Crippen LogP contribution is -2.46. The molecular weight excluding hydrogens is 232 g/mol. The van der Waals surface area contributed by atoms with Crippen LogP contribution in [-0.2, 0) is 6.42 Å². The fourth-order valence-corrected chi connectivity index (χ4v) is 3.25. The zero-order valence-corrected chi connectivity index (χ0v) is 11.7. The van der Waals surface area contributed by atoms with Crippen LogP contribution in [0.1, 0.15) is 54.7 Å². The van der Waals surface area contributed by atoms with Crippen molar-refractivity contribution in [2.24, 2.45) is 0 Å². The molecule has 1 aromatic heterocycles. The van der Waals surface area contributed by atoms with Gasteiger partial charge in [0, 0.05) is 17.5 Å². The Bertz CT molecular complexity index is 385. The molecule has 0 radical (unpaired) electrons. The number of nitrogens with zero attached hydrogens (tertiary/aromatic N) is 1. The summed E-state index contributed by atoms with van der Waals surface area (Å²) in [4.78, 5) is 5.85. The van der Waals surface area contributed by atoms with Gasteiger partial charge < -0.3 is 10.4 Å². The Kier molecular flexibility index (Phi) is 3.85. The van der Waals surface area contributed by atoms with Gasteiger partial charge in [0.15, 0.2) is 0 Å². The third-order valence-electron chi connectivity index (χ3n) is 3.59. The Morgan fingerprint density at radius 3 is 2.71 bits per heavy atom. The van der Waals surface area contributed by atoms with Gasteiger partial charge in [-0.15, -0.1) is 11.3 Å². The molecule has 1 aliphatic carbocycles. The minimum Gasteiger partial charge on any atom is -0.389 e. The van der Waals surface area contributed by atoms with Crippen molar-refractivity contribution in [3.05, 3.63) is 15.6 Å². The minimum atomic E-state index is -0.444. The lowest BCUT2D eigenvalue weighted by atomic mass is 9.80. The van der Waals surface area contributed by atoms with Crippen LogP contribution in [0.2, 0.25) is 0 Å². The predicted octanol–water partition coefficient (Wildman–Crippen LogP) is 2.58. The van der Waals surface area contributed by atoms with E-state index in [0.717, 1.165) is 31.4 Å². The highest BCUT2D eigenvalue weighted by molar-refractivity contribution is 7.11. The maximum atomic E-state index is 10.1. The van der Waals surface area contributed by atoms with Gasteiger partial charge in [0.05, 0.1) is 16.3 Å². The molecule has 0 aromatic carbocycles. The fraction of sp³-hybridized carbons (Fsp3) is 0.769. The van der Waals surface area contributed by atoms with Crippen molar-refractivity contribution in [1.82, 2.24) is 10.3 Å². The normalized spacial score (nSPS) is 20.0. The van der Waals surface area contributed by atoms with E-state index in [9.17, 15) is 5.11 Å². The Balaban J connectivity index is 1.94. The topological polar surface area (TPSA) is 45.2 Å². The number of hydrogen-bond acceptors (Lipinski definition) is 4. The van der Waals surface area contributed by atoms with E-state index in [-0.39, 0.29) is 6.04 Å². The van der Waals surface area contributed by atoms with Gasteiger partial charge in [-0.1, -0.05) is 6.92 Å². The minimum absolute atomic E-state index is 0.289. The van der Waals surface area contributed by atoms with Gasteiger partial charge in [-0.25, -0.2) is 4.98 Å². The third-order valence-corrected chi connectivity index (χ3v) is 5.08. The van der Waals surface area contributed by atoms with Crippen molar-refractivity contribution in [1.29, 1.82) is 0 Å². The van der Waals surface area contributed by atoms with Crippen molar-refractivity contribution >= 4 is 11.3 Å². The van der Waals surface area contributed by atoms with E-state index in [2.05, 4.69) is 31.1 Å². The van der Waals surface area contributed by atoms with Crippen LogP contribution in [0, 0.1) is 6.92 Å². The van der Waals surface area contributed by atoms with Crippen LogP contribution in [0.25, 0.3) is 0 Å². The lowest BCUT2D eigenvalue weighted by Gasteiger charge is -2.37. The van der Waals surface area contributed by atoms with E-state index in [1.165, 1.54) is 9.88 Å². The van der Waals surface area contributed by atoms with Crippen LogP contribution in [-0.4, -0.2) is 22.2 Å². The molecule has 1 saturated carbocycles. The van der Waals surface area contributed by atoms with Crippen LogP contribution in [0.15, 0.2) is 0 Å². The highest BCUT2D eigenvalue weighted by Gasteiger charge is 2.34. The summed E-state index contributed by atoms with van der Waals surface area (Å²) in [6.07, 6.45) is 4.04. The number of rotatable bonds is 5. The first-order chi connectivity index (χ1) is 8.04. The SMILES string of the molecule is CCc1nc(C)c(C(C)NCC2(O)CCC2)s1. The van der Waals surface area contributed by atoms with E-state index in [4.69, 9.17) is 0 Å². The first-order valence-electron chi connectivity index (χ1n) is 6.46. The smallest absolute Gasteiger partial charge is 0.0928 e. The Morgan fingerprint density at radius 2 is 2.24 bits per heavy atom. The van der Waals surface area contributed by atoms with E-state index in [0.29, 0.717) is 6.54 Å². The molecule has 0 aliphatic heterocycles. The number of nitrogens with one attached hydrogen (secondary N) is 1. The maximum Gasteiger partial charge on any atom is 0.0928 e.